The van der Waals surface area contributed by atoms with Crippen molar-refractivity contribution in [3.05, 3.63) is 0 Å². The third-order valence-corrected chi connectivity index (χ3v) is 5.33. The predicted molar refractivity (Wildman–Crippen MR) is 79.4 cm³/mol. The topological polar surface area (TPSA) is 24.5 Å². The Labute approximate surface area is 116 Å². The quantitative estimate of drug-likeness (QED) is 0.799. The van der Waals surface area contributed by atoms with Crippen molar-refractivity contribution in [1.29, 1.82) is 0 Å². The first-order valence-corrected chi connectivity index (χ1v) is 8.56. The highest BCUT2D eigenvalue weighted by Gasteiger charge is 2.28. The van der Waals surface area contributed by atoms with Gasteiger partial charge in [-0.05, 0) is 25.8 Å². The number of hydrogen-bond acceptors (Lipinski definition) is 4. The van der Waals surface area contributed by atoms with Gasteiger partial charge in [0.15, 0.2) is 0 Å². The van der Waals surface area contributed by atoms with Crippen molar-refractivity contribution in [3.8, 4) is 0 Å². The molecule has 0 radical (unpaired) electrons. The lowest BCUT2D eigenvalue weighted by molar-refractivity contribution is 0.0242. The van der Waals surface area contributed by atoms with Crippen LogP contribution in [-0.2, 0) is 4.74 Å². The van der Waals surface area contributed by atoms with Crippen LogP contribution in [0.5, 0.6) is 0 Å². The molecule has 18 heavy (non-hydrogen) atoms. The van der Waals surface area contributed by atoms with Gasteiger partial charge in [-0.25, -0.2) is 0 Å². The number of ether oxygens (including phenoxy) is 1. The van der Waals surface area contributed by atoms with Gasteiger partial charge in [0, 0.05) is 37.2 Å². The van der Waals surface area contributed by atoms with Gasteiger partial charge in [0.05, 0.1) is 12.2 Å². The molecule has 0 aromatic rings. The van der Waals surface area contributed by atoms with Crippen LogP contribution in [0.25, 0.3) is 0 Å². The minimum absolute atomic E-state index is 0.455. The van der Waals surface area contributed by atoms with Crippen LogP contribution in [0.1, 0.15) is 33.1 Å². The fourth-order valence-electron chi connectivity index (χ4n) is 2.85. The van der Waals surface area contributed by atoms with E-state index in [0.717, 1.165) is 24.9 Å². The third-order valence-electron chi connectivity index (χ3n) is 3.96. The van der Waals surface area contributed by atoms with Crippen LogP contribution in [0.3, 0.4) is 0 Å². The van der Waals surface area contributed by atoms with Gasteiger partial charge in [0.1, 0.15) is 0 Å². The number of likely N-dealkylation sites (N-methyl/N-ethyl adjacent to an activating group) is 1. The summed E-state index contributed by atoms with van der Waals surface area (Å²) in [5.41, 5.74) is 0. The van der Waals surface area contributed by atoms with E-state index in [9.17, 15) is 0 Å². The van der Waals surface area contributed by atoms with E-state index in [4.69, 9.17) is 4.74 Å². The highest BCUT2D eigenvalue weighted by Crippen LogP contribution is 2.24. The van der Waals surface area contributed by atoms with Crippen LogP contribution in [0, 0.1) is 0 Å². The van der Waals surface area contributed by atoms with E-state index < -0.39 is 0 Å². The van der Waals surface area contributed by atoms with Crippen molar-refractivity contribution in [2.24, 2.45) is 0 Å². The predicted octanol–water partition coefficient (Wildman–Crippen LogP) is 1.97. The molecule has 2 saturated heterocycles. The summed E-state index contributed by atoms with van der Waals surface area (Å²) >= 11 is 2.14. The van der Waals surface area contributed by atoms with E-state index in [1.54, 1.807) is 0 Å². The average Bonchev–Trinajstić information content (AvgIpc) is 2.84. The summed E-state index contributed by atoms with van der Waals surface area (Å²) in [6.45, 7) is 10.2. The van der Waals surface area contributed by atoms with Crippen LogP contribution in [0.2, 0.25) is 0 Å². The highest BCUT2D eigenvalue weighted by atomic mass is 32.2. The first-order valence-electron chi connectivity index (χ1n) is 7.52. The van der Waals surface area contributed by atoms with Crippen molar-refractivity contribution in [3.63, 3.8) is 0 Å². The van der Waals surface area contributed by atoms with Crippen LogP contribution in [0.15, 0.2) is 0 Å². The van der Waals surface area contributed by atoms with Gasteiger partial charge in [-0.2, -0.15) is 11.8 Å². The first-order chi connectivity index (χ1) is 8.81. The van der Waals surface area contributed by atoms with Gasteiger partial charge >= 0.3 is 0 Å². The second kappa shape index (κ2) is 7.73. The van der Waals surface area contributed by atoms with Crippen LogP contribution >= 0.6 is 11.8 Å². The largest absolute Gasteiger partial charge is 0.372 e. The molecule has 0 bridgehead atoms. The molecular formula is C14H28N2OS. The van der Waals surface area contributed by atoms with Gasteiger partial charge in [-0.1, -0.05) is 13.8 Å². The molecule has 0 saturated carbocycles. The van der Waals surface area contributed by atoms with Crippen molar-refractivity contribution in [2.45, 2.75) is 50.6 Å². The van der Waals surface area contributed by atoms with Gasteiger partial charge in [-0.15, -0.1) is 0 Å². The Kier molecular flexibility index (Phi) is 6.29. The third kappa shape index (κ3) is 4.41. The molecule has 4 heteroatoms. The molecule has 2 aliphatic heterocycles. The van der Waals surface area contributed by atoms with E-state index in [1.165, 1.54) is 38.1 Å². The van der Waals surface area contributed by atoms with Crippen molar-refractivity contribution in [2.75, 3.05) is 38.5 Å². The minimum atomic E-state index is 0.455. The molecule has 3 nitrogen and oxygen atoms in total. The van der Waals surface area contributed by atoms with Gasteiger partial charge in [0.2, 0.25) is 0 Å². The molecule has 2 fully saturated rings. The zero-order valence-electron chi connectivity index (χ0n) is 11.9. The smallest absolute Gasteiger partial charge is 0.0707 e. The van der Waals surface area contributed by atoms with Crippen LogP contribution < -0.4 is 5.32 Å². The maximum atomic E-state index is 6.12. The van der Waals surface area contributed by atoms with E-state index in [-0.39, 0.29) is 0 Å². The summed E-state index contributed by atoms with van der Waals surface area (Å²) in [4.78, 5) is 2.62. The second-order valence-electron chi connectivity index (χ2n) is 5.43. The number of nitrogens with zero attached hydrogens (tertiary/aromatic N) is 1. The van der Waals surface area contributed by atoms with E-state index in [1.807, 2.05) is 0 Å². The molecule has 2 heterocycles. The van der Waals surface area contributed by atoms with Crippen molar-refractivity contribution >= 4 is 11.8 Å². The Bertz CT molecular complexity index is 240. The van der Waals surface area contributed by atoms with E-state index >= 15 is 0 Å². The van der Waals surface area contributed by atoms with Crippen LogP contribution in [-0.4, -0.2) is 60.8 Å². The summed E-state index contributed by atoms with van der Waals surface area (Å²) < 4.78 is 6.12. The van der Waals surface area contributed by atoms with Crippen molar-refractivity contribution in [1.82, 2.24) is 10.2 Å². The summed E-state index contributed by atoms with van der Waals surface area (Å²) in [5.74, 6) is 1.30. The average molecular weight is 272 g/mol. The zero-order chi connectivity index (χ0) is 12.8. The standard InChI is InChI=1S/C14H28N2OS/c1-3-14-11-16(7-8-18-14)10-13-6-5-12(17-13)9-15-4-2/h12-15H,3-11H2,1-2H3. The molecular weight excluding hydrogens is 244 g/mol. The Hall–Kier alpha value is 0.230. The minimum Gasteiger partial charge on any atom is -0.372 e. The van der Waals surface area contributed by atoms with E-state index in [2.05, 4.69) is 35.8 Å². The highest BCUT2D eigenvalue weighted by molar-refractivity contribution is 8.00. The molecule has 2 aliphatic rings. The first kappa shape index (κ1) is 14.6. The number of nitrogens with one attached hydrogen (secondary N) is 1. The number of hydrogen-bond donors (Lipinski definition) is 1. The Morgan fingerprint density at radius 1 is 1.28 bits per heavy atom. The molecule has 0 amide bonds. The maximum absolute atomic E-state index is 6.12. The monoisotopic (exact) mass is 272 g/mol. The van der Waals surface area contributed by atoms with Crippen LogP contribution in [0.4, 0.5) is 0 Å². The Morgan fingerprint density at radius 2 is 2.11 bits per heavy atom. The van der Waals surface area contributed by atoms with Crippen molar-refractivity contribution < 1.29 is 4.74 Å². The molecule has 106 valence electrons. The fourth-order valence-corrected chi connectivity index (χ4v) is 4.10. The van der Waals surface area contributed by atoms with Gasteiger partial charge < -0.3 is 10.1 Å². The molecule has 1 N–H and O–H groups in total. The van der Waals surface area contributed by atoms with Gasteiger partial charge in [0.25, 0.3) is 0 Å². The molecule has 3 unspecified atom stereocenters. The lowest BCUT2D eigenvalue weighted by Crippen LogP contribution is -2.42. The molecule has 0 aromatic heterocycles. The Balaban J connectivity index is 1.67. The summed E-state index contributed by atoms with van der Waals surface area (Å²) in [6, 6.07) is 0. The second-order valence-corrected chi connectivity index (χ2v) is 6.83. The zero-order valence-corrected chi connectivity index (χ0v) is 12.7. The SMILES string of the molecule is CCNCC1CCC(CN2CCSC(CC)C2)O1. The number of thioether (sulfide) groups is 1. The lowest BCUT2D eigenvalue weighted by Gasteiger charge is -2.33. The molecule has 0 aliphatic carbocycles. The fraction of sp³-hybridized carbons (Fsp3) is 1.00. The summed E-state index contributed by atoms with van der Waals surface area (Å²) in [6.07, 6.45) is 4.72. The summed E-state index contributed by atoms with van der Waals surface area (Å²) in [7, 11) is 0. The molecule has 3 atom stereocenters. The van der Waals surface area contributed by atoms with E-state index in [0.29, 0.717) is 12.2 Å². The molecule has 2 rings (SSSR count). The normalized spacial score (nSPS) is 34.0. The Morgan fingerprint density at radius 3 is 2.89 bits per heavy atom. The lowest BCUT2D eigenvalue weighted by atomic mass is 10.2. The maximum Gasteiger partial charge on any atom is 0.0707 e. The summed E-state index contributed by atoms with van der Waals surface area (Å²) in [5, 5.41) is 4.23. The van der Waals surface area contributed by atoms with Gasteiger partial charge in [-0.3, -0.25) is 4.90 Å². The molecule has 0 spiro atoms. The number of rotatable bonds is 6. The molecule has 0 aromatic carbocycles.